The van der Waals surface area contributed by atoms with Gasteiger partial charge in [-0.1, -0.05) is 6.07 Å². The molecule has 3 rings (SSSR count). The van der Waals surface area contributed by atoms with E-state index >= 15 is 0 Å². The molecule has 0 aromatic heterocycles. The van der Waals surface area contributed by atoms with E-state index in [1.807, 2.05) is 0 Å². The van der Waals surface area contributed by atoms with Crippen LogP contribution >= 0.6 is 0 Å². The lowest BCUT2D eigenvalue weighted by atomic mass is 10.0. The van der Waals surface area contributed by atoms with Crippen molar-refractivity contribution >= 4 is 17.9 Å². The van der Waals surface area contributed by atoms with Crippen LogP contribution in [0.4, 0.5) is 8.78 Å². The number of likely N-dealkylation sites (tertiary alicyclic amines) is 1. The smallest absolute Gasteiger partial charge is 0.251 e. The first kappa shape index (κ1) is 20.5. The summed E-state index contributed by atoms with van der Waals surface area (Å²) in [6.07, 6.45) is 4.24. The van der Waals surface area contributed by atoms with Crippen molar-refractivity contribution in [3.8, 4) is 5.75 Å². The number of amides is 2. The molecule has 7 heteroatoms. The lowest BCUT2D eigenvalue weighted by Gasteiger charge is -2.31. The Kier molecular flexibility index (Phi) is 6.59. The van der Waals surface area contributed by atoms with Gasteiger partial charge in [0.2, 0.25) is 5.91 Å². The highest BCUT2D eigenvalue weighted by atomic mass is 19.1. The highest BCUT2D eigenvalue weighted by Gasteiger charge is 2.23. The third-order valence-electron chi connectivity index (χ3n) is 4.84. The van der Waals surface area contributed by atoms with Crippen molar-refractivity contribution in [2.24, 2.45) is 0 Å². The Morgan fingerprint density at radius 2 is 1.79 bits per heavy atom. The first-order valence-corrected chi connectivity index (χ1v) is 9.33. The van der Waals surface area contributed by atoms with Crippen LogP contribution < -0.4 is 10.1 Å². The van der Waals surface area contributed by atoms with Crippen molar-refractivity contribution in [3.63, 3.8) is 0 Å². The summed E-state index contributed by atoms with van der Waals surface area (Å²) >= 11 is 0. The minimum Gasteiger partial charge on any atom is -0.494 e. The van der Waals surface area contributed by atoms with Gasteiger partial charge in [0.05, 0.1) is 7.11 Å². The van der Waals surface area contributed by atoms with E-state index in [1.54, 1.807) is 17.0 Å². The number of methoxy groups -OCH3 is 1. The number of piperidine rings is 1. The number of carbonyl (C=O) groups is 2. The molecule has 2 aromatic carbocycles. The molecule has 0 atom stereocenters. The van der Waals surface area contributed by atoms with Crippen molar-refractivity contribution in [1.82, 2.24) is 10.2 Å². The number of rotatable bonds is 5. The number of hydrogen-bond acceptors (Lipinski definition) is 3. The van der Waals surface area contributed by atoms with E-state index in [0.29, 0.717) is 37.1 Å². The van der Waals surface area contributed by atoms with Crippen molar-refractivity contribution in [1.29, 1.82) is 0 Å². The summed E-state index contributed by atoms with van der Waals surface area (Å²) in [4.78, 5) is 26.3. The molecule has 29 heavy (non-hydrogen) atoms. The number of benzene rings is 2. The monoisotopic (exact) mass is 400 g/mol. The Morgan fingerprint density at radius 1 is 1.10 bits per heavy atom. The van der Waals surface area contributed by atoms with E-state index in [0.717, 1.165) is 0 Å². The van der Waals surface area contributed by atoms with Gasteiger partial charge in [-0.05, 0) is 60.9 Å². The van der Waals surface area contributed by atoms with Crippen LogP contribution in [0.1, 0.15) is 28.8 Å². The molecular weight excluding hydrogens is 378 g/mol. The third kappa shape index (κ3) is 5.40. The van der Waals surface area contributed by atoms with Crippen LogP contribution in [0.5, 0.6) is 5.75 Å². The SMILES string of the molecule is COc1ccc(/C=C/C(=O)N2CCC(NC(=O)c3ccc(F)cc3)CC2)cc1F. The molecule has 1 N–H and O–H groups in total. The molecular formula is C22H22F2N2O3. The minimum absolute atomic E-state index is 0.0451. The minimum atomic E-state index is -0.486. The van der Waals surface area contributed by atoms with E-state index in [-0.39, 0.29) is 29.4 Å². The van der Waals surface area contributed by atoms with Crippen LogP contribution in [0.25, 0.3) is 6.08 Å². The van der Waals surface area contributed by atoms with Crippen LogP contribution in [0.15, 0.2) is 48.5 Å². The Bertz CT molecular complexity index is 905. The molecule has 0 unspecified atom stereocenters. The second kappa shape index (κ2) is 9.32. The van der Waals surface area contributed by atoms with Crippen LogP contribution in [0, 0.1) is 11.6 Å². The zero-order chi connectivity index (χ0) is 20.8. The Balaban J connectivity index is 1.49. The van der Waals surface area contributed by atoms with Gasteiger partial charge in [0.1, 0.15) is 5.82 Å². The van der Waals surface area contributed by atoms with Gasteiger partial charge in [-0.2, -0.15) is 0 Å². The molecule has 0 aliphatic carbocycles. The van der Waals surface area contributed by atoms with Crippen molar-refractivity contribution in [2.75, 3.05) is 20.2 Å². The van der Waals surface area contributed by atoms with Gasteiger partial charge >= 0.3 is 0 Å². The van der Waals surface area contributed by atoms with Gasteiger partial charge < -0.3 is 15.0 Å². The maximum absolute atomic E-state index is 13.7. The Hall–Kier alpha value is -3.22. The molecule has 2 amide bonds. The third-order valence-corrected chi connectivity index (χ3v) is 4.84. The van der Waals surface area contributed by atoms with E-state index in [2.05, 4.69) is 5.32 Å². The zero-order valence-corrected chi connectivity index (χ0v) is 16.0. The molecule has 0 saturated carbocycles. The van der Waals surface area contributed by atoms with Gasteiger partial charge in [-0.15, -0.1) is 0 Å². The normalized spacial score (nSPS) is 14.8. The Labute approximate surface area is 168 Å². The van der Waals surface area contributed by atoms with Crippen molar-refractivity contribution in [3.05, 3.63) is 71.3 Å². The maximum atomic E-state index is 13.7. The van der Waals surface area contributed by atoms with Gasteiger partial charge in [-0.3, -0.25) is 9.59 Å². The highest BCUT2D eigenvalue weighted by Crippen LogP contribution is 2.19. The first-order chi connectivity index (χ1) is 14.0. The summed E-state index contributed by atoms with van der Waals surface area (Å²) in [6.45, 7) is 1.02. The van der Waals surface area contributed by atoms with Gasteiger partial charge in [0.25, 0.3) is 5.91 Å². The van der Waals surface area contributed by atoms with E-state index in [9.17, 15) is 18.4 Å². The molecule has 1 fully saturated rings. The molecule has 1 aliphatic rings. The topological polar surface area (TPSA) is 58.6 Å². The maximum Gasteiger partial charge on any atom is 0.251 e. The number of ether oxygens (including phenoxy) is 1. The lowest BCUT2D eigenvalue weighted by Crippen LogP contribution is -2.46. The fourth-order valence-corrected chi connectivity index (χ4v) is 3.17. The second-order valence-electron chi connectivity index (χ2n) is 6.81. The molecule has 1 aliphatic heterocycles. The van der Waals surface area contributed by atoms with Gasteiger partial charge in [0.15, 0.2) is 11.6 Å². The second-order valence-corrected chi connectivity index (χ2v) is 6.81. The van der Waals surface area contributed by atoms with Crippen molar-refractivity contribution < 1.29 is 23.1 Å². The molecule has 1 saturated heterocycles. The predicted octanol–water partition coefficient (Wildman–Crippen LogP) is 3.41. The number of nitrogens with one attached hydrogen (secondary N) is 1. The molecule has 0 bridgehead atoms. The highest BCUT2D eigenvalue weighted by molar-refractivity contribution is 5.94. The predicted molar refractivity (Wildman–Crippen MR) is 105 cm³/mol. The largest absolute Gasteiger partial charge is 0.494 e. The zero-order valence-electron chi connectivity index (χ0n) is 16.0. The lowest BCUT2D eigenvalue weighted by molar-refractivity contribution is -0.126. The van der Waals surface area contributed by atoms with E-state index in [4.69, 9.17) is 4.74 Å². The van der Waals surface area contributed by atoms with Crippen LogP contribution in [-0.4, -0.2) is 43.0 Å². The number of nitrogens with zero attached hydrogens (tertiary/aromatic N) is 1. The fraction of sp³-hybridized carbons (Fsp3) is 0.273. The summed E-state index contributed by atoms with van der Waals surface area (Å²) in [6, 6.07) is 9.81. The van der Waals surface area contributed by atoms with Gasteiger partial charge in [-0.25, -0.2) is 8.78 Å². The summed E-state index contributed by atoms with van der Waals surface area (Å²) in [5.41, 5.74) is 0.970. The average molecular weight is 400 g/mol. The van der Waals surface area contributed by atoms with E-state index in [1.165, 1.54) is 49.6 Å². The standard InChI is InChI=1S/C22H22F2N2O3/c1-29-20-8-2-15(14-19(20)24)3-9-21(27)26-12-10-18(11-13-26)25-22(28)16-4-6-17(23)7-5-16/h2-9,14,18H,10-13H2,1H3,(H,25,28)/b9-3+. The van der Waals surface area contributed by atoms with Gasteiger partial charge in [0, 0.05) is 30.8 Å². The molecule has 0 radical (unpaired) electrons. The summed E-state index contributed by atoms with van der Waals surface area (Å²) in [5, 5.41) is 2.92. The van der Waals surface area contributed by atoms with Crippen molar-refractivity contribution in [2.45, 2.75) is 18.9 Å². The molecule has 152 valence electrons. The fourth-order valence-electron chi connectivity index (χ4n) is 3.17. The number of carbonyl (C=O) groups excluding carboxylic acids is 2. The van der Waals surface area contributed by atoms with Crippen LogP contribution in [-0.2, 0) is 4.79 Å². The van der Waals surface area contributed by atoms with Crippen LogP contribution in [0.2, 0.25) is 0 Å². The number of halogens is 2. The summed E-state index contributed by atoms with van der Waals surface area (Å²) in [7, 11) is 1.39. The van der Waals surface area contributed by atoms with E-state index < -0.39 is 5.82 Å². The number of hydrogen-bond donors (Lipinski definition) is 1. The van der Waals surface area contributed by atoms with Crippen LogP contribution in [0.3, 0.4) is 0 Å². The quantitative estimate of drug-likeness (QED) is 0.783. The molecule has 1 heterocycles. The summed E-state index contributed by atoms with van der Waals surface area (Å²) < 4.78 is 31.5. The average Bonchev–Trinajstić information content (AvgIpc) is 2.73. The first-order valence-electron chi connectivity index (χ1n) is 9.33. The Morgan fingerprint density at radius 3 is 2.41 bits per heavy atom. The molecule has 2 aromatic rings. The molecule has 0 spiro atoms. The summed E-state index contributed by atoms with van der Waals surface area (Å²) in [5.74, 6) is -1.14. The molecule has 5 nitrogen and oxygen atoms in total.